The third-order valence-corrected chi connectivity index (χ3v) is 15.4. The van der Waals surface area contributed by atoms with E-state index in [0.29, 0.717) is 24.3 Å². The summed E-state index contributed by atoms with van der Waals surface area (Å²) >= 11 is 0. The third-order valence-electron chi connectivity index (χ3n) is 15.4. The Kier molecular flexibility index (Phi) is 15.3. The van der Waals surface area contributed by atoms with Gasteiger partial charge in [0.15, 0.2) is 0 Å². The second-order valence-corrected chi connectivity index (χ2v) is 20.1. The van der Waals surface area contributed by atoms with Crippen LogP contribution in [0, 0.1) is 0 Å². The van der Waals surface area contributed by atoms with Crippen molar-refractivity contribution < 1.29 is 19.1 Å². The molecule has 0 fully saturated rings. The van der Waals surface area contributed by atoms with Gasteiger partial charge in [-0.1, -0.05) is 167 Å². The number of benzene rings is 8. The number of esters is 2. The van der Waals surface area contributed by atoms with Gasteiger partial charge in [-0.25, -0.2) is 9.59 Å². The molecule has 2 aliphatic rings. The molecule has 0 saturated heterocycles. The van der Waals surface area contributed by atoms with Gasteiger partial charge in [0.2, 0.25) is 0 Å². The van der Waals surface area contributed by atoms with Crippen molar-refractivity contribution in [2.24, 2.45) is 20.4 Å². The van der Waals surface area contributed by atoms with E-state index in [1.165, 1.54) is 82.1 Å². The van der Waals surface area contributed by atoms with E-state index in [1.807, 2.05) is 111 Å². The minimum Gasteiger partial charge on any atom is -0.462 e. The molecular formula is C69H64N6O4. The highest BCUT2D eigenvalue weighted by molar-refractivity contribution is 6.28. The zero-order valence-electron chi connectivity index (χ0n) is 44.1. The number of ether oxygens (including phenoxy) is 2. The Morgan fingerprint density at radius 2 is 0.772 bits per heavy atom. The normalized spacial score (nSPS) is 13.5. The van der Waals surface area contributed by atoms with Gasteiger partial charge in [-0.2, -0.15) is 10.2 Å². The minimum absolute atomic E-state index is 0. The van der Waals surface area contributed by atoms with Crippen molar-refractivity contribution in [1.82, 2.24) is 9.13 Å². The Morgan fingerprint density at radius 1 is 0.405 bits per heavy atom. The molecule has 0 N–H and O–H groups in total. The maximum atomic E-state index is 12.9. The van der Waals surface area contributed by atoms with Gasteiger partial charge in [-0.05, 0) is 97.5 Å². The standard InChI is InChI=1S/C68H60N6O4.CH4/c1-3-77-67(75)55-31-21-29-53-63(55)49-25-11-13-27-51(49)65(53)71-69-43-45-35-37-61-57(41-45)47-23-15-17-33-59(47)73(61)39-19-9-7-5-6-8-10-20-40-74-60-34-18-16-24-48(60)58-42-46(36-38-62(58)74)44-70-72-66-52-28-14-12-26-50(52)64-54(66)30-22-32-56(64)68(76)78-4-2;/h11-18,21-38,41-44H,3-10,19-20,39-40H2,1-2H3;1H4/b69-43+,70-44+,71-65+,72-66+;. The van der Waals surface area contributed by atoms with Crippen molar-refractivity contribution in [2.45, 2.75) is 85.7 Å². The molecular weight excluding hydrogens is 977 g/mol. The van der Waals surface area contributed by atoms with Crippen LogP contribution in [0.4, 0.5) is 0 Å². The van der Waals surface area contributed by atoms with E-state index in [0.717, 1.165) is 93.0 Å². The highest BCUT2D eigenvalue weighted by Crippen LogP contribution is 2.42. The lowest BCUT2D eigenvalue weighted by Crippen LogP contribution is -2.07. The van der Waals surface area contributed by atoms with Crippen LogP contribution in [0.5, 0.6) is 0 Å². The summed E-state index contributed by atoms with van der Waals surface area (Å²) in [5.74, 6) is -0.668. The van der Waals surface area contributed by atoms with Crippen molar-refractivity contribution in [3.8, 4) is 22.3 Å². The van der Waals surface area contributed by atoms with Crippen LogP contribution in [0.15, 0.2) is 190 Å². The summed E-state index contributed by atoms with van der Waals surface area (Å²) < 4.78 is 15.8. The summed E-state index contributed by atoms with van der Waals surface area (Å²) in [5.41, 5.74) is 16.8. The molecule has 0 aliphatic heterocycles. The molecule has 2 aromatic heterocycles. The fourth-order valence-corrected chi connectivity index (χ4v) is 11.9. The zero-order valence-corrected chi connectivity index (χ0v) is 44.1. The van der Waals surface area contributed by atoms with Crippen molar-refractivity contribution in [3.63, 3.8) is 0 Å². The largest absolute Gasteiger partial charge is 0.462 e. The average molecular weight is 1040 g/mol. The number of fused-ring (bicyclic) bond motifs is 12. The molecule has 0 radical (unpaired) electrons. The molecule has 79 heavy (non-hydrogen) atoms. The zero-order chi connectivity index (χ0) is 53.0. The van der Waals surface area contributed by atoms with Crippen LogP contribution in [-0.2, 0) is 22.6 Å². The quantitative estimate of drug-likeness (QED) is 0.0347. The van der Waals surface area contributed by atoms with Gasteiger partial charge in [0, 0.05) is 90.1 Å². The second kappa shape index (κ2) is 23.3. The SMILES string of the molecule is C.CCOC(=O)c1cccc2c1-c1ccccc1/C2=N\N=C\c1ccc2c(c1)c1ccccc1n2CCCCCCCCCCn1c2ccccc2c2cc(/C=N/N=C3\c4ccccc4-c4c(C(=O)OCC)cccc43)ccc21. The van der Waals surface area contributed by atoms with E-state index in [4.69, 9.17) is 19.7 Å². The summed E-state index contributed by atoms with van der Waals surface area (Å²) in [7, 11) is 0. The van der Waals surface area contributed by atoms with Gasteiger partial charge in [-0.3, -0.25) is 0 Å². The number of hydrogen-bond acceptors (Lipinski definition) is 8. The molecule has 0 saturated carbocycles. The molecule has 10 heteroatoms. The van der Waals surface area contributed by atoms with Crippen LogP contribution in [0.25, 0.3) is 65.9 Å². The summed E-state index contributed by atoms with van der Waals surface area (Å²) in [5, 5.41) is 23.7. The predicted molar refractivity (Wildman–Crippen MR) is 325 cm³/mol. The molecule has 0 spiro atoms. The van der Waals surface area contributed by atoms with Gasteiger partial charge in [-0.15, -0.1) is 10.2 Å². The average Bonchev–Trinajstić information content (AvgIpc) is 4.39. The molecule has 0 bridgehead atoms. The van der Waals surface area contributed by atoms with E-state index < -0.39 is 0 Å². The number of nitrogens with zero attached hydrogens (tertiary/aromatic N) is 6. The van der Waals surface area contributed by atoms with E-state index >= 15 is 0 Å². The van der Waals surface area contributed by atoms with Crippen molar-refractivity contribution in [3.05, 3.63) is 214 Å². The minimum atomic E-state index is -0.334. The Bertz CT molecular complexity index is 3820. The van der Waals surface area contributed by atoms with Crippen LogP contribution in [0.1, 0.15) is 127 Å². The van der Waals surface area contributed by atoms with Crippen LogP contribution >= 0.6 is 0 Å². The van der Waals surface area contributed by atoms with Crippen LogP contribution in [0.2, 0.25) is 0 Å². The highest BCUT2D eigenvalue weighted by atomic mass is 16.5. The van der Waals surface area contributed by atoms with E-state index in [9.17, 15) is 9.59 Å². The van der Waals surface area contributed by atoms with Gasteiger partial charge in [0.25, 0.3) is 0 Å². The first-order valence-corrected chi connectivity index (χ1v) is 27.5. The number of hydrogen-bond donors (Lipinski definition) is 0. The molecule has 0 atom stereocenters. The van der Waals surface area contributed by atoms with Crippen LogP contribution in [0.3, 0.4) is 0 Å². The van der Waals surface area contributed by atoms with Gasteiger partial charge >= 0.3 is 11.9 Å². The first-order valence-electron chi connectivity index (χ1n) is 27.5. The summed E-state index contributed by atoms with van der Waals surface area (Å²) in [6, 6.07) is 58.0. The van der Waals surface area contributed by atoms with Gasteiger partial charge in [0.05, 0.1) is 36.8 Å². The topological polar surface area (TPSA) is 112 Å². The van der Waals surface area contributed by atoms with Crippen LogP contribution in [-0.4, -0.2) is 58.1 Å². The highest BCUT2D eigenvalue weighted by Gasteiger charge is 2.31. The molecule has 10 aromatic rings. The smallest absolute Gasteiger partial charge is 0.338 e. The number of rotatable bonds is 19. The van der Waals surface area contributed by atoms with Gasteiger partial charge in [0.1, 0.15) is 11.4 Å². The Labute approximate surface area is 461 Å². The predicted octanol–water partition coefficient (Wildman–Crippen LogP) is 16.4. The molecule has 2 aliphatic carbocycles. The Balaban J connectivity index is 0.00000660. The Hall–Kier alpha value is -9.02. The second-order valence-electron chi connectivity index (χ2n) is 20.1. The molecule has 0 unspecified atom stereocenters. The van der Waals surface area contributed by atoms with Crippen molar-refractivity contribution >= 4 is 79.4 Å². The number of aryl methyl sites for hydroxylation is 2. The fraction of sp³-hybridized carbons (Fsp3) is 0.217. The Morgan fingerprint density at radius 3 is 1.20 bits per heavy atom. The number of carbonyl (C=O) groups is 2. The van der Waals surface area contributed by atoms with E-state index in [2.05, 4.69) is 104 Å². The van der Waals surface area contributed by atoms with E-state index in [-0.39, 0.29) is 19.4 Å². The summed E-state index contributed by atoms with van der Waals surface area (Å²) in [4.78, 5) is 25.9. The lowest BCUT2D eigenvalue weighted by molar-refractivity contribution is 0.0517. The van der Waals surface area contributed by atoms with Crippen LogP contribution < -0.4 is 0 Å². The first-order chi connectivity index (χ1) is 38.5. The maximum Gasteiger partial charge on any atom is 0.338 e. The molecule has 0 amide bonds. The maximum absolute atomic E-state index is 12.9. The van der Waals surface area contributed by atoms with Crippen molar-refractivity contribution in [1.29, 1.82) is 0 Å². The van der Waals surface area contributed by atoms with Crippen molar-refractivity contribution in [2.75, 3.05) is 13.2 Å². The fourth-order valence-electron chi connectivity index (χ4n) is 11.9. The lowest BCUT2D eigenvalue weighted by atomic mass is 9.99. The number of aromatic nitrogens is 2. The molecule has 394 valence electrons. The molecule has 8 aromatic carbocycles. The third kappa shape index (κ3) is 9.99. The molecule has 2 heterocycles. The first kappa shape index (κ1) is 52.1. The summed E-state index contributed by atoms with van der Waals surface area (Å²) in [6.45, 7) is 6.22. The lowest BCUT2D eigenvalue weighted by Gasteiger charge is -2.09. The number of unbranched alkanes of at least 4 members (excludes halogenated alkanes) is 7. The van der Waals surface area contributed by atoms with E-state index in [1.54, 1.807) is 0 Å². The number of para-hydroxylation sites is 2. The summed E-state index contributed by atoms with van der Waals surface area (Å²) in [6.07, 6.45) is 13.3. The number of carbonyl (C=O) groups excluding carboxylic acids is 2. The molecule has 12 rings (SSSR count). The molecule has 10 nitrogen and oxygen atoms in total. The van der Waals surface area contributed by atoms with Gasteiger partial charge < -0.3 is 18.6 Å². The monoisotopic (exact) mass is 1040 g/mol.